The van der Waals surface area contributed by atoms with Crippen LogP contribution in [0.1, 0.15) is 26.6 Å². The molecule has 1 aromatic heterocycles. The Morgan fingerprint density at radius 3 is 2.58 bits per heavy atom. The Morgan fingerprint density at radius 1 is 1.32 bits per heavy atom. The molecule has 1 heterocycles. The van der Waals surface area contributed by atoms with Gasteiger partial charge in [0.05, 0.1) is 6.54 Å². The monoisotopic (exact) mass is 278 g/mol. The van der Waals surface area contributed by atoms with Crippen molar-refractivity contribution in [3.63, 3.8) is 0 Å². The maximum absolute atomic E-state index is 12.0. The first kappa shape index (κ1) is 15.9. The molecule has 1 rings (SSSR count). The number of nitrogens with one attached hydrogen (secondary N) is 1. The summed E-state index contributed by atoms with van der Waals surface area (Å²) in [6.45, 7) is 6.21. The van der Waals surface area contributed by atoms with E-state index in [4.69, 9.17) is 0 Å². The van der Waals surface area contributed by atoms with Crippen LogP contribution in [-0.4, -0.2) is 34.0 Å². The molecule has 4 nitrogen and oxygen atoms in total. The lowest BCUT2D eigenvalue weighted by atomic mass is 10.1. The van der Waals surface area contributed by atoms with E-state index in [0.29, 0.717) is 18.9 Å². The molecule has 0 saturated heterocycles. The van der Waals surface area contributed by atoms with Gasteiger partial charge in [-0.3, -0.25) is 0 Å². The Morgan fingerprint density at radius 2 is 2.00 bits per heavy atom. The summed E-state index contributed by atoms with van der Waals surface area (Å²) >= 11 is 0. The van der Waals surface area contributed by atoms with Crippen LogP contribution >= 0.6 is 0 Å². The molecular formula is C12H21F3N4. The normalized spacial score (nSPS) is 14.1. The van der Waals surface area contributed by atoms with Gasteiger partial charge in [-0.05, 0) is 18.4 Å². The third-order valence-corrected chi connectivity index (χ3v) is 2.58. The SMILES string of the molecule is CC(C)Cn1ncnc1CC(C)CNCC(F)(F)F. The van der Waals surface area contributed by atoms with Gasteiger partial charge >= 0.3 is 6.18 Å². The van der Waals surface area contributed by atoms with E-state index in [0.717, 1.165) is 12.4 Å². The quantitative estimate of drug-likeness (QED) is 0.832. The Hall–Kier alpha value is -1.11. The molecule has 0 radical (unpaired) electrons. The minimum absolute atomic E-state index is 0.0810. The number of nitrogens with zero attached hydrogens (tertiary/aromatic N) is 3. The van der Waals surface area contributed by atoms with Gasteiger partial charge in [0.1, 0.15) is 12.2 Å². The molecule has 1 N–H and O–H groups in total. The van der Waals surface area contributed by atoms with E-state index in [1.807, 2.05) is 11.6 Å². The van der Waals surface area contributed by atoms with Crippen molar-refractivity contribution >= 4 is 0 Å². The van der Waals surface area contributed by atoms with E-state index in [1.165, 1.54) is 6.33 Å². The number of alkyl halides is 3. The molecule has 0 aromatic carbocycles. The van der Waals surface area contributed by atoms with E-state index in [1.54, 1.807) is 0 Å². The summed E-state index contributed by atoms with van der Waals surface area (Å²) in [5, 5.41) is 6.55. The van der Waals surface area contributed by atoms with E-state index < -0.39 is 12.7 Å². The molecule has 1 unspecified atom stereocenters. The van der Waals surface area contributed by atoms with E-state index in [-0.39, 0.29) is 5.92 Å². The van der Waals surface area contributed by atoms with Gasteiger partial charge in [-0.1, -0.05) is 20.8 Å². The van der Waals surface area contributed by atoms with Crippen molar-refractivity contribution in [1.82, 2.24) is 20.1 Å². The molecule has 19 heavy (non-hydrogen) atoms. The molecule has 0 aliphatic heterocycles. The molecule has 0 spiro atoms. The summed E-state index contributed by atoms with van der Waals surface area (Å²) in [7, 11) is 0. The predicted molar refractivity (Wildman–Crippen MR) is 66.7 cm³/mol. The largest absolute Gasteiger partial charge is 0.401 e. The fraction of sp³-hybridized carbons (Fsp3) is 0.833. The summed E-state index contributed by atoms with van der Waals surface area (Å²) in [6.07, 6.45) is -2.04. The fourth-order valence-corrected chi connectivity index (χ4v) is 1.79. The molecular weight excluding hydrogens is 257 g/mol. The van der Waals surface area contributed by atoms with Crippen LogP contribution in [0.3, 0.4) is 0 Å². The van der Waals surface area contributed by atoms with Crippen LogP contribution in [0.2, 0.25) is 0 Å². The van der Waals surface area contributed by atoms with E-state index in [9.17, 15) is 13.2 Å². The highest BCUT2D eigenvalue weighted by Gasteiger charge is 2.26. The van der Waals surface area contributed by atoms with Gasteiger partial charge < -0.3 is 5.32 Å². The highest BCUT2D eigenvalue weighted by Crippen LogP contribution is 2.13. The number of halogens is 3. The second-order valence-corrected chi connectivity index (χ2v) is 5.31. The number of rotatable bonds is 7. The number of hydrogen-bond acceptors (Lipinski definition) is 3. The van der Waals surface area contributed by atoms with Crippen molar-refractivity contribution < 1.29 is 13.2 Å². The zero-order valence-electron chi connectivity index (χ0n) is 11.5. The molecule has 0 bridgehead atoms. The van der Waals surface area contributed by atoms with E-state index in [2.05, 4.69) is 29.2 Å². The highest BCUT2D eigenvalue weighted by molar-refractivity contribution is 4.87. The molecule has 0 aliphatic rings. The van der Waals surface area contributed by atoms with Crippen molar-refractivity contribution in [3.05, 3.63) is 12.2 Å². The topological polar surface area (TPSA) is 42.7 Å². The van der Waals surface area contributed by atoms with Crippen LogP contribution in [0.5, 0.6) is 0 Å². The molecule has 0 fully saturated rings. The van der Waals surface area contributed by atoms with Crippen LogP contribution in [0.15, 0.2) is 6.33 Å². The molecule has 0 saturated carbocycles. The first-order chi connectivity index (χ1) is 8.78. The summed E-state index contributed by atoms with van der Waals surface area (Å²) in [6, 6.07) is 0. The third kappa shape index (κ3) is 6.56. The van der Waals surface area contributed by atoms with Gasteiger partial charge in [0.2, 0.25) is 0 Å². The lowest BCUT2D eigenvalue weighted by Gasteiger charge is -2.14. The number of aromatic nitrogens is 3. The molecule has 1 aromatic rings. The maximum atomic E-state index is 12.0. The van der Waals surface area contributed by atoms with Crippen molar-refractivity contribution in [1.29, 1.82) is 0 Å². The minimum Gasteiger partial charge on any atom is -0.308 e. The Labute approximate surface area is 111 Å². The van der Waals surface area contributed by atoms with Gasteiger partial charge in [-0.15, -0.1) is 0 Å². The molecule has 0 amide bonds. The number of hydrogen-bond donors (Lipinski definition) is 1. The van der Waals surface area contributed by atoms with Crippen molar-refractivity contribution in [2.75, 3.05) is 13.1 Å². The highest BCUT2D eigenvalue weighted by atomic mass is 19.4. The van der Waals surface area contributed by atoms with Crippen LogP contribution < -0.4 is 5.32 Å². The second-order valence-electron chi connectivity index (χ2n) is 5.31. The van der Waals surface area contributed by atoms with Crippen molar-refractivity contribution in [2.45, 2.75) is 39.9 Å². The van der Waals surface area contributed by atoms with Crippen LogP contribution in [0.25, 0.3) is 0 Å². The second kappa shape index (κ2) is 6.88. The van der Waals surface area contributed by atoms with Gasteiger partial charge in [0, 0.05) is 13.0 Å². The molecule has 7 heteroatoms. The fourth-order valence-electron chi connectivity index (χ4n) is 1.79. The first-order valence-corrected chi connectivity index (χ1v) is 6.42. The van der Waals surface area contributed by atoms with Crippen LogP contribution in [0, 0.1) is 11.8 Å². The summed E-state index contributed by atoms with van der Waals surface area (Å²) in [5.74, 6) is 1.37. The minimum atomic E-state index is -4.16. The third-order valence-electron chi connectivity index (χ3n) is 2.58. The van der Waals surface area contributed by atoms with Gasteiger partial charge in [-0.2, -0.15) is 18.3 Å². The van der Waals surface area contributed by atoms with Crippen LogP contribution in [0.4, 0.5) is 13.2 Å². The smallest absolute Gasteiger partial charge is 0.308 e. The van der Waals surface area contributed by atoms with Gasteiger partial charge in [-0.25, -0.2) is 9.67 Å². The van der Waals surface area contributed by atoms with Crippen molar-refractivity contribution in [2.24, 2.45) is 11.8 Å². The lowest BCUT2D eigenvalue weighted by molar-refractivity contribution is -0.125. The predicted octanol–water partition coefficient (Wildman–Crippen LogP) is 2.26. The molecule has 0 aliphatic carbocycles. The zero-order chi connectivity index (χ0) is 14.5. The zero-order valence-corrected chi connectivity index (χ0v) is 11.5. The Bertz CT molecular complexity index is 373. The van der Waals surface area contributed by atoms with Gasteiger partial charge in [0.15, 0.2) is 0 Å². The van der Waals surface area contributed by atoms with Crippen LogP contribution in [-0.2, 0) is 13.0 Å². The maximum Gasteiger partial charge on any atom is 0.401 e. The summed E-state index contributed by atoms with van der Waals surface area (Å²) in [4.78, 5) is 4.17. The Balaban J connectivity index is 2.40. The summed E-state index contributed by atoms with van der Waals surface area (Å²) < 4.78 is 37.8. The molecule has 1 atom stereocenters. The lowest BCUT2D eigenvalue weighted by Crippen LogP contribution is -2.32. The van der Waals surface area contributed by atoms with Crippen molar-refractivity contribution in [3.8, 4) is 0 Å². The molecule has 110 valence electrons. The summed E-state index contributed by atoms with van der Waals surface area (Å²) in [5.41, 5.74) is 0. The van der Waals surface area contributed by atoms with Gasteiger partial charge in [0.25, 0.3) is 0 Å². The average molecular weight is 278 g/mol. The first-order valence-electron chi connectivity index (χ1n) is 6.42. The standard InChI is InChI=1S/C12H21F3N4/c1-9(2)6-19-11(17-8-18-19)4-10(3)5-16-7-12(13,14)15/h8-10,16H,4-7H2,1-3H3. The van der Waals surface area contributed by atoms with E-state index >= 15 is 0 Å². The Kier molecular flexibility index (Phi) is 5.78. The average Bonchev–Trinajstić information content (AvgIpc) is 2.62.